The number of hydrogen-bond donors (Lipinski definition) is 2. The van der Waals surface area contributed by atoms with Crippen molar-refractivity contribution in [1.29, 1.82) is 5.26 Å². The van der Waals surface area contributed by atoms with Crippen LogP contribution < -0.4 is 10.6 Å². The van der Waals surface area contributed by atoms with E-state index in [0.717, 1.165) is 0 Å². The Bertz CT molecular complexity index is 694. The van der Waals surface area contributed by atoms with Crippen LogP contribution in [0.4, 0.5) is 11.4 Å². The quantitative estimate of drug-likeness (QED) is 0.909. The number of carbonyl (C=O) groups excluding carboxylic acids is 1. The molecule has 0 atom stereocenters. The summed E-state index contributed by atoms with van der Waals surface area (Å²) in [6.07, 6.45) is 3.05. The van der Waals surface area contributed by atoms with Gasteiger partial charge in [-0.25, -0.2) is 0 Å². The molecule has 1 aromatic heterocycles. The summed E-state index contributed by atoms with van der Waals surface area (Å²) in [6.45, 7) is 0. The number of hydrogen-bond acceptors (Lipinski definition) is 4. The van der Waals surface area contributed by atoms with Gasteiger partial charge in [-0.3, -0.25) is 9.78 Å². The lowest BCUT2D eigenvalue weighted by Gasteiger charge is -2.10. The molecule has 5 nitrogen and oxygen atoms in total. The van der Waals surface area contributed by atoms with Crippen LogP contribution >= 0.6 is 11.6 Å². The molecule has 0 aliphatic carbocycles. The van der Waals surface area contributed by atoms with Crippen LogP contribution in [-0.2, 0) is 0 Å². The maximum Gasteiger partial charge on any atom is 0.259 e. The van der Waals surface area contributed by atoms with E-state index in [0.29, 0.717) is 27.5 Å². The van der Waals surface area contributed by atoms with E-state index in [4.69, 9.17) is 16.9 Å². The molecular weight excluding hydrogens is 276 g/mol. The van der Waals surface area contributed by atoms with E-state index in [1.54, 1.807) is 31.4 Å². The van der Waals surface area contributed by atoms with Gasteiger partial charge in [-0.15, -0.1) is 0 Å². The molecule has 2 N–H and O–H groups in total. The molecule has 2 aromatic rings. The summed E-state index contributed by atoms with van der Waals surface area (Å²) < 4.78 is 0. The number of halogens is 1. The van der Waals surface area contributed by atoms with Gasteiger partial charge in [-0.05, 0) is 24.3 Å². The number of nitrogens with zero attached hydrogens (tertiary/aromatic N) is 2. The van der Waals surface area contributed by atoms with Gasteiger partial charge in [-0.2, -0.15) is 5.26 Å². The number of carbonyl (C=O) groups is 1. The smallest absolute Gasteiger partial charge is 0.259 e. The highest BCUT2D eigenvalue weighted by Gasteiger charge is 2.13. The van der Waals surface area contributed by atoms with Gasteiger partial charge in [0.25, 0.3) is 5.91 Å². The van der Waals surface area contributed by atoms with Crippen LogP contribution in [0.15, 0.2) is 36.7 Å². The van der Waals surface area contributed by atoms with Crippen molar-refractivity contribution in [1.82, 2.24) is 4.98 Å². The number of amides is 1. The van der Waals surface area contributed by atoms with Crippen molar-refractivity contribution < 1.29 is 4.79 Å². The summed E-state index contributed by atoms with van der Waals surface area (Å²) in [5, 5.41) is 14.8. The van der Waals surface area contributed by atoms with Crippen LogP contribution in [0.5, 0.6) is 0 Å². The third-order valence-electron chi connectivity index (χ3n) is 2.68. The fraction of sp³-hybridized carbons (Fsp3) is 0.0714. The zero-order valence-electron chi connectivity index (χ0n) is 10.6. The van der Waals surface area contributed by atoms with E-state index in [-0.39, 0.29) is 5.91 Å². The van der Waals surface area contributed by atoms with Gasteiger partial charge < -0.3 is 10.6 Å². The molecule has 0 spiro atoms. The van der Waals surface area contributed by atoms with Crippen molar-refractivity contribution in [2.75, 3.05) is 17.7 Å². The van der Waals surface area contributed by atoms with Gasteiger partial charge in [-0.1, -0.05) is 11.6 Å². The van der Waals surface area contributed by atoms with Gasteiger partial charge in [0, 0.05) is 25.1 Å². The molecule has 0 saturated carbocycles. The van der Waals surface area contributed by atoms with Crippen molar-refractivity contribution >= 4 is 28.9 Å². The Morgan fingerprint density at radius 1 is 1.35 bits per heavy atom. The summed E-state index contributed by atoms with van der Waals surface area (Å²) in [6, 6.07) is 8.37. The average Bonchev–Trinajstić information content (AvgIpc) is 2.49. The minimum absolute atomic E-state index is 0.348. The minimum Gasteiger partial charge on any atom is -0.387 e. The molecule has 0 aliphatic heterocycles. The highest BCUT2D eigenvalue weighted by Crippen LogP contribution is 2.24. The Balaban J connectivity index is 2.30. The zero-order chi connectivity index (χ0) is 14.5. The second-order valence-corrected chi connectivity index (χ2v) is 4.34. The number of pyridine rings is 1. The van der Waals surface area contributed by atoms with Gasteiger partial charge in [0.15, 0.2) is 0 Å². The van der Waals surface area contributed by atoms with Crippen molar-refractivity contribution in [3.63, 3.8) is 0 Å². The molecule has 1 amide bonds. The molecule has 20 heavy (non-hydrogen) atoms. The third kappa shape index (κ3) is 2.87. The van der Waals surface area contributed by atoms with E-state index in [1.165, 1.54) is 12.3 Å². The van der Waals surface area contributed by atoms with Crippen molar-refractivity contribution in [2.45, 2.75) is 0 Å². The minimum atomic E-state index is -0.348. The Kier molecular flexibility index (Phi) is 4.18. The van der Waals surface area contributed by atoms with Gasteiger partial charge in [0.1, 0.15) is 0 Å². The van der Waals surface area contributed by atoms with E-state index >= 15 is 0 Å². The van der Waals surface area contributed by atoms with Crippen LogP contribution in [-0.4, -0.2) is 17.9 Å². The van der Waals surface area contributed by atoms with E-state index < -0.39 is 0 Å². The average molecular weight is 287 g/mol. The lowest BCUT2D eigenvalue weighted by atomic mass is 10.2. The standard InChI is InChI=1S/C14H11ClN4O/c1-17-12-4-5-18-8-10(12)14(20)19-13-6-9(7-16)2-3-11(13)15/h2-6,8H,1H3,(H,17,18)(H,19,20). The maximum atomic E-state index is 12.2. The van der Waals surface area contributed by atoms with Crippen LogP contribution in [0.2, 0.25) is 5.02 Å². The zero-order valence-corrected chi connectivity index (χ0v) is 11.4. The predicted octanol–water partition coefficient (Wildman–Crippen LogP) is 2.90. The number of nitrogens with one attached hydrogen (secondary N) is 2. The molecular formula is C14H11ClN4O. The Morgan fingerprint density at radius 2 is 2.15 bits per heavy atom. The molecule has 100 valence electrons. The van der Waals surface area contributed by atoms with Gasteiger partial charge >= 0.3 is 0 Å². The second-order valence-electron chi connectivity index (χ2n) is 3.93. The predicted molar refractivity (Wildman–Crippen MR) is 77.9 cm³/mol. The first-order valence-corrected chi connectivity index (χ1v) is 6.16. The van der Waals surface area contributed by atoms with Crippen molar-refractivity contribution in [3.05, 3.63) is 52.8 Å². The Labute approximate surface area is 121 Å². The first-order valence-electron chi connectivity index (χ1n) is 5.78. The monoisotopic (exact) mass is 286 g/mol. The summed E-state index contributed by atoms with van der Waals surface area (Å²) in [7, 11) is 1.72. The van der Waals surface area contributed by atoms with E-state index in [2.05, 4.69) is 15.6 Å². The maximum absolute atomic E-state index is 12.2. The first-order chi connectivity index (χ1) is 9.65. The summed E-state index contributed by atoms with van der Waals surface area (Å²) in [5.74, 6) is -0.348. The first kappa shape index (κ1) is 13.8. The summed E-state index contributed by atoms with van der Waals surface area (Å²) in [5.41, 5.74) is 1.87. The fourth-order valence-corrected chi connectivity index (χ4v) is 1.84. The number of anilines is 2. The second kappa shape index (κ2) is 6.04. The largest absolute Gasteiger partial charge is 0.387 e. The van der Waals surface area contributed by atoms with Crippen LogP contribution in [0, 0.1) is 11.3 Å². The summed E-state index contributed by atoms with van der Waals surface area (Å²) in [4.78, 5) is 16.1. The molecule has 0 saturated heterocycles. The number of aromatic nitrogens is 1. The molecule has 0 fully saturated rings. The molecule has 0 radical (unpaired) electrons. The number of benzene rings is 1. The van der Waals surface area contributed by atoms with Gasteiger partial charge in [0.05, 0.1) is 27.9 Å². The molecule has 0 unspecified atom stereocenters. The topological polar surface area (TPSA) is 77.8 Å². The molecule has 6 heteroatoms. The molecule has 1 aromatic carbocycles. The molecule has 1 heterocycles. The van der Waals surface area contributed by atoms with Crippen molar-refractivity contribution in [2.24, 2.45) is 0 Å². The van der Waals surface area contributed by atoms with Crippen LogP contribution in [0.25, 0.3) is 0 Å². The Morgan fingerprint density at radius 3 is 2.85 bits per heavy atom. The van der Waals surface area contributed by atoms with E-state index in [1.807, 2.05) is 6.07 Å². The molecule has 0 aliphatic rings. The normalized spacial score (nSPS) is 9.65. The third-order valence-corrected chi connectivity index (χ3v) is 3.01. The lowest BCUT2D eigenvalue weighted by molar-refractivity contribution is 0.102. The molecule has 0 bridgehead atoms. The van der Waals surface area contributed by atoms with Gasteiger partial charge in [0.2, 0.25) is 0 Å². The number of rotatable bonds is 3. The van der Waals surface area contributed by atoms with Crippen LogP contribution in [0.1, 0.15) is 15.9 Å². The van der Waals surface area contributed by atoms with Crippen molar-refractivity contribution in [3.8, 4) is 6.07 Å². The SMILES string of the molecule is CNc1ccncc1C(=O)Nc1cc(C#N)ccc1Cl. The number of nitriles is 1. The van der Waals surface area contributed by atoms with Crippen LogP contribution in [0.3, 0.4) is 0 Å². The lowest BCUT2D eigenvalue weighted by Crippen LogP contribution is -2.14. The highest BCUT2D eigenvalue weighted by molar-refractivity contribution is 6.34. The van der Waals surface area contributed by atoms with E-state index in [9.17, 15) is 4.79 Å². The molecule has 2 rings (SSSR count). The Hall–Kier alpha value is -2.58. The summed E-state index contributed by atoms with van der Waals surface area (Å²) >= 11 is 6.00. The fourth-order valence-electron chi connectivity index (χ4n) is 1.67. The highest BCUT2D eigenvalue weighted by atomic mass is 35.5.